The van der Waals surface area contributed by atoms with E-state index >= 15 is 0 Å². The van der Waals surface area contributed by atoms with E-state index in [1.807, 2.05) is 12.1 Å². The lowest BCUT2D eigenvalue weighted by Gasteiger charge is -2.08. The highest BCUT2D eigenvalue weighted by Gasteiger charge is 2.26. The van der Waals surface area contributed by atoms with E-state index in [0.29, 0.717) is 17.0 Å². The number of imide groups is 1. The molecule has 7 heteroatoms. The van der Waals surface area contributed by atoms with Gasteiger partial charge in [-0.2, -0.15) is 0 Å². The molecule has 0 saturated carbocycles. The zero-order valence-electron chi connectivity index (χ0n) is 11.8. The van der Waals surface area contributed by atoms with Gasteiger partial charge in [0, 0.05) is 10.2 Å². The average Bonchev–Trinajstić information content (AvgIpc) is 2.81. The highest BCUT2D eigenvalue weighted by Crippen LogP contribution is 2.20. The summed E-state index contributed by atoms with van der Waals surface area (Å²) in [5.41, 5.74) is 0.985. The minimum Gasteiger partial charge on any atom is -0.484 e. The number of anilines is 1. The first-order chi connectivity index (χ1) is 11.0. The summed E-state index contributed by atoms with van der Waals surface area (Å²) >= 11 is 3.31. The number of hydrogen-bond acceptors (Lipinski definition) is 4. The number of ether oxygens (including phenoxy) is 1. The van der Waals surface area contributed by atoms with Gasteiger partial charge in [-0.3, -0.25) is 19.7 Å². The van der Waals surface area contributed by atoms with Crippen molar-refractivity contribution in [2.45, 2.75) is 0 Å². The van der Waals surface area contributed by atoms with E-state index in [-0.39, 0.29) is 18.1 Å². The third kappa shape index (κ3) is 3.40. The Hall–Kier alpha value is -2.67. The van der Waals surface area contributed by atoms with E-state index in [9.17, 15) is 14.4 Å². The zero-order chi connectivity index (χ0) is 16.4. The van der Waals surface area contributed by atoms with Gasteiger partial charge in [-0.15, -0.1) is 0 Å². The van der Waals surface area contributed by atoms with Gasteiger partial charge in [0.25, 0.3) is 17.7 Å². The lowest BCUT2D eigenvalue weighted by molar-refractivity contribution is -0.118. The highest BCUT2D eigenvalue weighted by atomic mass is 79.9. The number of hydrogen-bond donors (Lipinski definition) is 2. The molecule has 0 unspecified atom stereocenters. The second-order valence-electron chi connectivity index (χ2n) is 4.83. The minimum absolute atomic E-state index is 0.163. The van der Waals surface area contributed by atoms with E-state index in [1.165, 1.54) is 12.1 Å². The first-order valence-corrected chi connectivity index (χ1v) is 7.50. The molecule has 3 rings (SSSR count). The molecule has 2 aromatic carbocycles. The Morgan fingerprint density at radius 3 is 2.48 bits per heavy atom. The Morgan fingerprint density at radius 1 is 1.04 bits per heavy atom. The fourth-order valence-corrected chi connectivity index (χ4v) is 2.39. The molecule has 0 fully saturated rings. The van der Waals surface area contributed by atoms with Crippen LogP contribution in [-0.4, -0.2) is 24.3 Å². The maximum Gasteiger partial charge on any atom is 0.262 e. The van der Waals surface area contributed by atoms with E-state index in [0.717, 1.165) is 4.47 Å². The lowest BCUT2D eigenvalue weighted by atomic mass is 10.1. The number of carbonyl (C=O) groups is 3. The van der Waals surface area contributed by atoms with Crippen LogP contribution in [0.2, 0.25) is 0 Å². The molecule has 3 amide bonds. The second kappa shape index (κ2) is 6.21. The molecule has 23 heavy (non-hydrogen) atoms. The summed E-state index contributed by atoms with van der Waals surface area (Å²) in [7, 11) is 0. The van der Waals surface area contributed by atoms with Gasteiger partial charge in [0.05, 0.1) is 11.1 Å². The Bertz CT molecular complexity index is 802. The van der Waals surface area contributed by atoms with Crippen LogP contribution < -0.4 is 15.4 Å². The summed E-state index contributed by atoms with van der Waals surface area (Å²) in [6, 6.07) is 11.6. The SMILES string of the molecule is O=C(COc1ccc(Br)cc1)Nc1ccc2c(c1)C(=O)NC2=O. The molecule has 2 aromatic rings. The van der Waals surface area contributed by atoms with Crippen LogP contribution in [0.3, 0.4) is 0 Å². The van der Waals surface area contributed by atoms with Crippen molar-refractivity contribution in [2.24, 2.45) is 0 Å². The van der Waals surface area contributed by atoms with Crippen LogP contribution in [0.25, 0.3) is 0 Å². The third-order valence-electron chi connectivity index (χ3n) is 3.20. The lowest BCUT2D eigenvalue weighted by Crippen LogP contribution is -2.20. The topological polar surface area (TPSA) is 84.5 Å². The number of fused-ring (bicyclic) bond motifs is 1. The number of nitrogens with one attached hydrogen (secondary N) is 2. The first kappa shape index (κ1) is 15.2. The van der Waals surface area contributed by atoms with Gasteiger partial charge < -0.3 is 10.1 Å². The summed E-state index contributed by atoms with van der Waals surface area (Å²) in [6.45, 7) is -0.163. The molecule has 116 valence electrons. The van der Waals surface area contributed by atoms with Crippen molar-refractivity contribution in [3.8, 4) is 5.75 Å². The molecule has 0 atom stereocenters. The molecule has 0 saturated heterocycles. The Morgan fingerprint density at radius 2 is 1.74 bits per heavy atom. The van der Waals surface area contributed by atoms with Crippen LogP contribution in [0.1, 0.15) is 20.7 Å². The fraction of sp³-hybridized carbons (Fsp3) is 0.0625. The van der Waals surface area contributed by atoms with Gasteiger partial charge in [0.2, 0.25) is 0 Å². The number of amides is 3. The van der Waals surface area contributed by atoms with Crippen molar-refractivity contribution in [3.63, 3.8) is 0 Å². The van der Waals surface area contributed by atoms with Gasteiger partial charge in [0.15, 0.2) is 6.61 Å². The maximum atomic E-state index is 11.9. The van der Waals surface area contributed by atoms with Crippen LogP contribution in [0.5, 0.6) is 5.75 Å². The number of benzene rings is 2. The molecular formula is C16H11BrN2O4. The highest BCUT2D eigenvalue weighted by molar-refractivity contribution is 9.10. The molecule has 0 radical (unpaired) electrons. The molecule has 1 heterocycles. The molecular weight excluding hydrogens is 364 g/mol. The summed E-state index contributed by atoms with van der Waals surface area (Å²) in [4.78, 5) is 34.9. The Kier molecular flexibility index (Phi) is 4.12. The van der Waals surface area contributed by atoms with Crippen LogP contribution in [0, 0.1) is 0 Å². The fourth-order valence-electron chi connectivity index (χ4n) is 2.12. The van der Waals surface area contributed by atoms with Crippen LogP contribution in [0.4, 0.5) is 5.69 Å². The summed E-state index contributed by atoms with van der Waals surface area (Å²) in [6.07, 6.45) is 0. The molecule has 6 nitrogen and oxygen atoms in total. The largest absolute Gasteiger partial charge is 0.484 e. The number of carbonyl (C=O) groups excluding carboxylic acids is 3. The smallest absolute Gasteiger partial charge is 0.262 e. The van der Waals surface area contributed by atoms with Crippen molar-refractivity contribution in [1.82, 2.24) is 5.32 Å². The molecule has 2 N–H and O–H groups in total. The van der Waals surface area contributed by atoms with Gasteiger partial charge in [0.1, 0.15) is 5.75 Å². The van der Waals surface area contributed by atoms with E-state index < -0.39 is 11.8 Å². The van der Waals surface area contributed by atoms with E-state index in [1.54, 1.807) is 18.2 Å². The monoisotopic (exact) mass is 374 g/mol. The van der Waals surface area contributed by atoms with Crippen molar-refractivity contribution < 1.29 is 19.1 Å². The molecule has 0 spiro atoms. The predicted octanol–water partition coefficient (Wildman–Crippen LogP) is 2.35. The minimum atomic E-state index is -0.466. The van der Waals surface area contributed by atoms with Gasteiger partial charge in [-0.1, -0.05) is 15.9 Å². The Labute approximate surface area is 140 Å². The van der Waals surface area contributed by atoms with Crippen molar-refractivity contribution in [3.05, 3.63) is 58.1 Å². The van der Waals surface area contributed by atoms with Crippen LogP contribution >= 0.6 is 15.9 Å². The molecule has 0 bridgehead atoms. The summed E-state index contributed by atoms with van der Waals surface area (Å²) in [5.74, 6) is -0.687. The standard InChI is InChI=1S/C16H11BrN2O4/c17-9-1-4-11(5-2-9)23-8-14(20)18-10-3-6-12-13(7-10)16(22)19-15(12)21/h1-7H,8H2,(H,18,20)(H,19,21,22). The second-order valence-corrected chi connectivity index (χ2v) is 5.75. The quantitative estimate of drug-likeness (QED) is 0.804. The molecule has 1 aliphatic rings. The first-order valence-electron chi connectivity index (χ1n) is 6.71. The zero-order valence-corrected chi connectivity index (χ0v) is 13.3. The molecule has 0 aliphatic carbocycles. The Balaban J connectivity index is 1.62. The van der Waals surface area contributed by atoms with Crippen molar-refractivity contribution >= 4 is 39.3 Å². The maximum absolute atomic E-state index is 11.9. The van der Waals surface area contributed by atoms with Crippen LogP contribution in [-0.2, 0) is 4.79 Å². The van der Waals surface area contributed by atoms with Crippen molar-refractivity contribution in [2.75, 3.05) is 11.9 Å². The summed E-state index contributed by atoms with van der Waals surface area (Å²) in [5, 5.41) is 4.82. The molecule has 0 aromatic heterocycles. The number of rotatable bonds is 4. The van der Waals surface area contributed by atoms with E-state index in [4.69, 9.17) is 4.74 Å². The third-order valence-corrected chi connectivity index (χ3v) is 3.73. The predicted molar refractivity (Wildman–Crippen MR) is 86.5 cm³/mol. The van der Waals surface area contributed by atoms with Gasteiger partial charge >= 0.3 is 0 Å². The van der Waals surface area contributed by atoms with Crippen LogP contribution in [0.15, 0.2) is 46.9 Å². The van der Waals surface area contributed by atoms with Gasteiger partial charge in [-0.05, 0) is 42.5 Å². The average molecular weight is 375 g/mol. The van der Waals surface area contributed by atoms with Crippen molar-refractivity contribution in [1.29, 1.82) is 0 Å². The van der Waals surface area contributed by atoms with E-state index in [2.05, 4.69) is 26.6 Å². The molecule has 1 aliphatic heterocycles. The summed E-state index contributed by atoms with van der Waals surface area (Å²) < 4.78 is 6.28. The van der Waals surface area contributed by atoms with Gasteiger partial charge in [-0.25, -0.2) is 0 Å². The normalized spacial score (nSPS) is 12.6. The number of halogens is 1.